The number of hydrogen-bond acceptors (Lipinski definition) is 2. The molecular weight excluding hydrogens is 192 g/mol. The van der Waals surface area contributed by atoms with Crippen molar-refractivity contribution in [1.82, 2.24) is 0 Å². The van der Waals surface area contributed by atoms with Crippen molar-refractivity contribution in [1.29, 1.82) is 0 Å². The van der Waals surface area contributed by atoms with Gasteiger partial charge < -0.3 is 5.11 Å². The summed E-state index contributed by atoms with van der Waals surface area (Å²) in [6.07, 6.45) is 4.66. The summed E-state index contributed by atoms with van der Waals surface area (Å²) in [6, 6.07) is 9.75. The van der Waals surface area contributed by atoms with Gasteiger partial charge in [0.15, 0.2) is 0 Å². The SMILES string of the molecule is CS/C=C/C[C@](C)(O)c1ccccc1. The molecule has 0 aliphatic rings. The Labute approximate surface area is 89.8 Å². The Morgan fingerprint density at radius 1 is 1.36 bits per heavy atom. The molecule has 1 atom stereocenters. The summed E-state index contributed by atoms with van der Waals surface area (Å²) in [7, 11) is 0. The zero-order valence-corrected chi connectivity index (χ0v) is 9.42. The van der Waals surface area contributed by atoms with Crippen LogP contribution in [-0.4, -0.2) is 11.4 Å². The summed E-state index contributed by atoms with van der Waals surface area (Å²) >= 11 is 1.65. The van der Waals surface area contributed by atoms with Crippen LogP contribution in [0, 0.1) is 0 Å². The maximum absolute atomic E-state index is 10.2. The molecule has 1 aromatic rings. The highest BCUT2D eigenvalue weighted by molar-refractivity contribution is 8.01. The Bertz CT molecular complexity index is 290. The minimum absolute atomic E-state index is 0.651. The van der Waals surface area contributed by atoms with E-state index in [-0.39, 0.29) is 0 Å². The first-order valence-corrected chi connectivity index (χ1v) is 5.91. The summed E-state index contributed by atoms with van der Waals surface area (Å²) < 4.78 is 0. The highest BCUT2D eigenvalue weighted by atomic mass is 32.2. The third kappa shape index (κ3) is 3.20. The minimum atomic E-state index is -0.756. The van der Waals surface area contributed by atoms with Crippen LogP contribution >= 0.6 is 11.8 Å². The smallest absolute Gasteiger partial charge is 0.0903 e. The summed E-state index contributed by atoms with van der Waals surface area (Å²) in [5, 5.41) is 12.1. The van der Waals surface area contributed by atoms with E-state index in [0.717, 1.165) is 5.56 Å². The molecule has 0 radical (unpaired) electrons. The van der Waals surface area contributed by atoms with Crippen molar-refractivity contribution in [2.75, 3.05) is 6.26 Å². The predicted octanol–water partition coefficient (Wildman–Crippen LogP) is 3.16. The molecule has 0 aliphatic heterocycles. The van der Waals surface area contributed by atoms with Crippen LogP contribution in [0.3, 0.4) is 0 Å². The maximum atomic E-state index is 10.2. The highest BCUT2D eigenvalue weighted by Gasteiger charge is 2.20. The lowest BCUT2D eigenvalue weighted by Gasteiger charge is -2.21. The monoisotopic (exact) mass is 208 g/mol. The molecule has 1 N–H and O–H groups in total. The molecule has 0 bridgehead atoms. The van der Waals surface area contributed by atoms with Crippen molar-refractivity contribution >= 4 is 11.8 Å². The second-order valence-corrected chi connectivity index (χ2v) is 4.20. The lowest BCUT2D eigenvalue weighted by atomic mass is 9.93. The van der Waals surface area contributed by atoms with Crippen molar-refractivity contribution < 1.29 is 5.11 Å². The molecule has 1 rings (SSSR count). The largest absolute Gasteiger partial charge is 0.385 e. The first kappa shape index (κ1) is 11.3. The molecule has 0 aliphatic carbocycles. The molecule has 1 aromatic carbocycles. The normalized spacial score (nSPS) is 15.6. The molecule has 2 heteroatoms. The first-order chi connectivity index (χ1) is 6.67. The summed E-state index contributed by atoms with van der Waals surface area (Å²) in [6.45, 7) is 1.84. The van der Waals surface area contributed by atoms with E-state index in [9.17, 15) is 5.11 Å². The molecule has 0 saturated heterocycles. The van der Waals surface area contributed by atoms with Crippen LogP contribution in [-0.2, 0) is 5.60 Å². The van der Waals surface area contributed by atoms with Crippen LogP contribution in [0.1, 0.15) is 18.9 Å². The van der Waals surface area contributed by atoms with E-state index in [1.807, 2.05) is 55.0 Å². The van der Waals surface area contributed by atoms with Gasteiger partial charge in [0.1, 0.15) is 0 Å². The lowest BCUT2D eigenvalue weighted by Crippen LogP contribution is -2.19. The Morgan fingerprint density at radius 2 is 2.00 bits per heavy atom. The van der Waals surface area contributed by atoms with E-state index in [1.165, 1.54) is 0 Å². The molecule has 0 spiro atoms. The van der Waals surface area contributed by atoms with Crippen molar-refractivity contribution in [2.24, 2.45) is 0 Å². The van der Waals surface area contributed by atoms with Crippen molar-refractivity contribution in [3.8, 4) is 0 Å². The van der Waals surface area contributed by atoms with Gasteiger partial charge in [0.05, 0.1) is 5.60 Å². The molecule has 0 saturated carbocycles. The molecule has 0 aromatic heterocycles. The average Bonchev–Trinajstić information content (AvgIpc) is 2.19. The molecule has 0 fully saturated rings. The third-order valence-electron chi connectivity index (χ3n) is 2.14. The summed E-state index contributed by atoms with van der Waals surface area (Å²) in [4.78, 5) is 0. The fraction of sp³-hybridized carbons (Fsp3) is 0.333. The third-order valence-corrected chi connectivity index (χ3v) is 2.61. The maximum Gasteiger partial charge on any atom is 0.0903 e. The summed E-state index contributed by atoms with van der Waals surface area (Å²) in [5.74, 6) is 0. The molecule has 0 heterocycles. The van der Waals surface area contributed by atoms with Gasteiger partial charge in [0.25, 0.3) is 0 Å². The average molecular weight is 208 g/mol. The van der Waals surface area contributed by atoms with Gasteiger partial charge in [-0.3, -0.25) is 0 Å². The van der Waals surface area contributed by atoms with Crippen LogP contribution in [0.2, 0.25) is 0 Å². The number of hydrogen-bond donors (Lipinski definition) is 1. The van der Waals surface area contributed by atoms with Crippen LogP contribution in [0.25, 0.3) is 0 Å². The zero-order chi connectivity index (χ0) is 10.4. The number of thioether (sulfide) groups is 1. The van der Waals surface area contributed by atoms with Gasteiger partial charge >= 0.3 is 0 Å². The zero-order valence-electron chi connectivity index (χ0n) is 8.60. The second-order valence-electron chi connectivity index (χ2n) is 3.45. The van der Waals surface area contributed by atoms with Gasteiger partial charge in [-0.05, 0) is 30.6 Å². The number of benzene rings is 1. The van der Waals surface area contributed by atoms with Crippen LogP contribution in [0.4, 0.5) is 0 Å². The predicted molar refractivity (Wildman–Crippen MR) is 63.3 cm³/mol. The van der Waals surface area contributed by atoms with E-state index in [1.54, 1.807) is 11.8 Å². The van der Waals surface area contributed by atoms with Gasteiger partial charge in [-0.1, -0.05) is 36.4 Å². The van der Waals surface area contributed by atoms with E-state index in [0.29, 0.717) is 6.42 Å². The second kappa shape index (κ2) is 5.23. The van der Waals surface area contributed by atoms with Gasteiger partial charge in [0.2, 0.25) is 0 Å². The molecular formula is C12H16OS. The van der Waals surface area contributed by atoms with E-state index in [4.69, 9.17) is 0 Å². The van der Waals surface area contributed by atoms with Gasteiger partial charge in [-0.15, -0.1) is 11.8 Å². The molecule has 0 amide bonds. The van der Waals surface area contributed by atoms with Crippen molar-refractivity contribution in [3.63, 3.8) is 0 Å². The number of aliphatic hydroxyl groups is 1. The summed E-state index contributed by atoms with van der Waals surface area (Å²) in [5.41, 5.74) is 0.207. The van der Waals surface area contributed by atoms with Crippen LogP contribution in [0.5, 0.6) is 0 Å². The number of rotatable bonds is 4. The molecule has 14 heavy (non-hydrogen) atoms. The fourth-order valence-electron chi connectivity index (χ4n) is 1.29. The molecule has 1 nitrogen and oxygen atoms in total. The quantitative estimate of drug-likeness (QED) is 0.820. The highest BCUT2D eigenvalue weighted by Crippen LogP contribution is 2.24. The molecule has 76 valence electrons. The van der Waals surface area contributed by atoms with Gasteiger partial charge in [-0.2, -0.15) is 0 Å². The topological polar surface area (TPSA) is 20.2 Å². The lowest BCUT2D eigenvalue weighted by molar-refractivity contribution is 0.0606. The van der Waals surface area contributed by atoms with Crippen LogP contribution in [0.15, 0.2) is 41.8 Å². The Hall–Kier alpha value is -0.730. The van der Waals surface area contributed by atoms with Gasteiger partial charge in [-0.25, -0.2) is 0 Å². The van der Waals surface area contributed by atoms with Crippen LogP contribution < -0.4 is 0 Å². The Morgan fingerprint density at radius 3 is 2.57 bits per heavy atom. The van der Waals surface area contributed by atoms with Crippen molar-refractivity contribution in [2.45, 2.75) is 18.9 Å². The van der Waals surface area contributed by atoms with E-state index < -0.39 is 5.60 Å². The standard InChI is InChI=1S/C12H16OS/c1-12(13,9-6-10-14-2)11-7-4-3-5-8-11/h3-8,10,13H,9H2,1-2H3/b10-6+/t12-/m0/s1. The van der Waals surface area contributed by atoms with Crippen molar-refractivity contribution in [3.05, 3.63) is 47.4 Å². The Balaban J connectivity index is 2.70. The van der Waals surface area contributed by atoms with Gasteiger partial charge in [0, 0.05) is 0 Å². The minimum Gasteiger partial charge on any atom is -0.385 e. The fourth-order valence-corrected chi connectivity index (χ4v) is 1.58. The van der Waals surface area contributed by atoms with E-state index >= 15 is 0 Å². The first-order valence-electron chi connectivity index (χ1n) is 4.62. The molecule has 0 unspecified atom stereocenters. The Kier molecular flexibility index (Phi) is 4.23. The van der Waals surface area contributed by atoms with E-state index in [2.05, 4.69) is 0 Å².